The second kappa shape index (κ2) is 10.2. The lowest BCUT2D eigenvalue weighted by Gasteiger charge is -2.39. The maximum atomic E-state index is 14.9. The van der Waals surface area contributed by atoms with Gasteiger partial charge in [0.15, 0.2) is 46.5 Å². The lowest BCUT2D eigenvalue weighted by Crippen LogP contribution is -2.59. The van der Waals surface area contributed by atoms with Gasteiger partial charge in [0.05, 0.1) is 11.1 Å². The third kappa shape index (κ3) is 5.16. The van der Waals surface area contributed by atoms with Crippen LogP contribution in [0.15, 0.2) is 0 Å². The summed E-state index contributed by atoms with van der Waals surface area (Å²) in [6.45, 7) is 0. The summed E-state index contributed by atoms with van der Waals surface area (Å²) in [5.74, 6) is -36.9. The number of rotatable bonds is 8. The Kier molecular flexibility index (Phi) is 8.54. The van der Waals surface area contributed by atoms with Gasteiger partial charge in [-0.3, -0.25) is 0 Å². The van der Waals surface area contributed by atoms with Gasteiger partial charge in [-0.2, -0.15) is 48.3 Å². The summed E-state index contributed by atoms with van der Waals surface area (Å²) in [6.07, 6.45) is -38.0. The molecule has 0 heterocycles. The van der Waals surface area contributed by atoms with Crippen molar-refractivity contribution in [1.29, 1.82) is 0 Å². The van der Waals surface area contributed by atoms with E-state index >= 15 is 0 Å². The van der Waals surface area contributed by atoms with Crippen molar-refractivity contribution in [2.75, 3.05) is 0 Å². The van der Waals surface area contributed by atoms with E-state index in [0.29, 0.717) is 0 Å². The molecule has 238 valence electrons. The largest absolute Gasteiger partial charge is 0.483 e. The van der Waals surface area contributed by atoms with Gasteiger partial charge in [0.25, 0.3) is 0 Å². The molecule has 0 spiro atoms. The molecule has 0 amide bonds. The maximum Gasteiger partial charge on any atom is 0.483 e. The van der Waals surface area contributed by atoms with Crippen LogP contribution in [0.1, 0.15) is 11.1 Å². The zero-order chi connectivity index (χ0) is 33.3. The average molecular weight is 664 g/mol. The van der Waals surface area contributed by atoms with Crippen LogP contribution < -0.4 is 0 Å². The monoisotopic (exact) mass is 664 g/mol. The average Bonchev–Trinajstić information content (AvgIpc) is 2.81. The fourth-order valence-corrected chi connectivity index (χ4v) is 2.83. The number of benzene rings is 2. The van der Waals surface area contributed by atoms with Gasteiger partial charge in [0.2, 0.25) is 17.2 Å². The summed E-state index contributed by atoms with van der Waals surface area (Å²) < 4.78 is 288. The minimum absolute atomic E-state index is 1.41. The van der Waals surface area contributed by atoms with Gasteiger partial charge in [-0.25, -0.2) is 53.4 Å². The summed E-state index contributed by atoms with van der Waals surface area (Å²) in [4.78, 5) is 0. The fraction of sp³-hybridized carbons (Fsp3) is 0.333. The van der Waals surface area contributed by atoms with Gasteiger partial charge in [-0.15, -0.1) is 0 Å². The van der Waals surface area contributed by atoms with Crippen molar-refractivity contribution in [2.24, 2.45) is 0 Å². The number of aliphatic hydroxyl groups is 1. The Morgan fingerprint density at radius 3 is 0.786 bits per heavy atom. The van der Waals surface area contributed by atoms with Crippen molar-refractivity contribution in [3.05, 3.63) is 69.3 Å². The molecule has 0 aromatic heterocycles. The lowest BCUT2D eigenvalue weighted by molar-refractivity contribution is -0.544. The normalized spacial score (nSPS) is 14.1. The summed E-state index contributed by atoms with van der Waals surface area (Å²) in [7, 11) is 0. The highest BCUT2D eigenvalue weighted by Gasteiger charge is 2.75. The van der Waals surface area contributed by atoms with Crippen molar-refractivity contribution in [2.45, 2.75) is 36.2 Å². The summed E-state index contributed by atoms with van der Waals surface area (Å²) in [5.41, 5.74) is -14.7. The molecule has 2 aromatic rings. The van der Waals surface area contributed by atoms with Crippen molar-refractivity contribution >= 4 is 0 Å². The molecular formula is C18HF21O3. The lowest BCUT2D eigenvalue weighted by atomic mass is 9.82. The third-order valence-corrected chi connectivity index (χ3v) is 4.75. The van der Waals surface area contributed by atoms with Crippen LogP contribution in [-0.4, -0.2) is 35.7 Å². The van der Waals surface area contributed by atoms with Crippen molar-refractivity contribution < 1.29 is 107 Å². The van der Waals surface area contributed by atoms with Gasteiger partial charge in [-0.05, 0) is 0 Å². The molecular weight excluding hydrogens is 663 g/mol. The van der Waals surface area contributed by atoms with Gasteiger partial charge >= 0.3 is 30.6 Å². The van der Waals surface area contributed by atoms with Crippen LogP contribution in [0, 0.1) is 58.2 Å². The minimum atomic E-state index is -7.84. The first-order valence-corrected chi connectivity index (χ1v) is 9.26. The molecule has 3 nitrogen and oxygen atoms in total. The predicted octanol–water partition coefficient (Wildman–Crippen LogP) is 7.28. The van der Waals surface area contributed by atoms with E-state index in [1.54, 1.807) is 0 Å². The van der Waals surface area contributed by atoms with Crippen LogP contribution in [0.4, 0.5) is 92.2 Å². The van der Waals surface area contributed by atoms with Crippen LogP contribution in [0.25, 0.3) is 0 Å². The number of ether oxygens (including phenoxy) is 2. The SMILES string of the molecule is OC(c1c(F)c(F)c(F)c(F)c1F)(c1c(F)c(F)c(F)c(F)c1F)C(F)(F)OC(F)(F)C(F)(F)OC(F)(F)C(F)(F)F. The van der Waals surface area contributed by atoms with E-state index in [4.69, 9.17) is 0 Å². The number of hydrogen-bond donors (Lipinski definition) is 1. The molecule has 0 aliphatic heterocycles. The molecule has 0 aliphatic carbocycles. The zero-order valence-corrected chi connectivity index (χ0v) is 18.2. The smallest absolute Gasteiger partial charge is 0.372 e. The van der Waals surface area contributed by atoms with Gasteiger partial charge in [0.1, 0.15) is 0 Å². The second-order valence-corrected chi connectivity index (χ2v) is 7.37. The van der Waals surface area contributed by atoms with E-state index in [9.17, 15) is 97.3 Å². The maximum absolute atomic E-state index is 14.9. The Bertz CT molecular complexity index is 1270. The molecule has 0 saturated heterocycles. The molecule has 1 N–H and O–H groups in total. The van der Waals surface area contributed by atoms with Crippen molar-refractivity contribution in [1.82, 2.24) is 0 Å². The van der Waals surface area contributed by atoms with Crippen LogP contribution in [0.5, 0.6) is 0 Å². The molecule has 24 heteroatoms. The molecule has 0 radical (unpaired) electrons. The van der Waals surface area contributed by atoms with Gasteiger partial charge in [0, 0.05) is 0 Å². The van der Waals surface area contributed by atoms with Crippen molar-refractivity contribution in [3.8, 4) is 0 Å². The molecule has 2 rings (SSSR count). The van der Waals surface area contributed by atoms with E-state index < -0.39 is 106 Å². The predicted molar refractivity (Wildman–Crippen MR) is 83.5 cm³/mol. The molecule has 0 atom stereocenters. The Labute approximate surface area is 213 Å². The second-order valence-electron chi connectivity index (χ2n) is 7.37. The molecule has 0 bridgehead atoms. The Hall–Kier alpha value is -3.15. The fourth-order valence-electron chi connectivity index (χ4n) is 2.83. The molecule has 0 aliphatic rings. The quantitative estimate of drug-likeness (QED) is 0.183. The van der Waals surface area contributed by atoms with E-state index in [1.807, 2.05) is 4.74 Å². The summed E-state index contributed by atoms with van der Waals surface area (Å²) >= 11 is 0. The highest BCUT2D eigenvalue weighted by Crippen LogP contribution is 2.54. The minimum Gasteiger partial charge on any atom is -0.372 e. The standard InChI is InChI=1S/C18HF21O3/c19-3-1(4(20)8(24)11(27)7(3)23)13(40,2-5(21)9(25)12(28)10(26)6(2)22)15(32,33)41-17(36,37)18(38,39)42-16(34,35)14(29,30)31/h40H. The van der Waals surface area contributed by atoms with E-state index in [2.05, 4.69) is 0 Å². The van der Waals surface area contributed by atoms with Crippen molar-refractivity contribution in [3.63, 3.8) is 0 Å². The molecule has 42 heavy (non-hydrogen) atoms. The zero-order valence-electron chi connectivity index (χ0n) is 18.2. The highest BCUT2D eigenvalue weighted by molar-refractivity contribution is 5.43. The Balaban J connectivity index is 3.04. The molecule has 2 aromatic carbocycles. The van der Waals surface area contributed by atoms with E-state index in [1.165, 1.54) is 4.74 Å². The molecule has 0 fully saturated rings. The van der Waals surface area contributed by atoms with E-state index in [-0.39, 0.29) is 0 Å². The van der Waals surface area contributed by atoms with Crippen LogP contribution in [0.3, 0.4) is 0 Å². The number of hydrogen-bond acceptors (Lipinski definition) is 3. The first-order chi connectivity index (χ1) is 18.5. The van der Waals surface area contributed by atoms with Gasteiger partial charge < -0.3 is 5.11 Å². The summed E-state index contributed by atoms with van der Waals surface area (Å²) in [6, 6.07) is 0. The number of alkyl halides is 11. The Morgan fingerprint density at radius 2 is 0.548 bits per heavy atom. The topological polar surface area (TPSA) is 38.7 Å². The third-order valence-electron chi connectivity index (χ3n) is 4.75. The van der Waals surface area contributed by atoms with Crippen LogP contribution in [0.2, 0.25) is 0 Å². The first kappa shape index (κ1) is 35.0. The Morgan fingerprint density at radius 1 is 0.333 bits per heavy atom. The molecule has 0 unspecified atom stereocenters. The first-order valence-electron chi connectivity index (χ1n) is 9.26. The van der Waals surface area contributed by atoms with Crippen LogP contribution in [-0.2, 0) is 15.1 Å². The van der Waals surface area contributed by atoms with Gasteiger partial charge in [-0.1, -0.05) is 0 Å². The van der Waals surface area contributed by atoms with E-state index in [0.717, 1.165) is 0 Å². The highest BCUT2D eigenvalue weighted by atomic mass is 19.4. The summed E-state index contributed by atoms with van der Waals surface area (Å²) in [5, 5.41) is 10.2. The molecule has 0 saturated carbocycles. The number of halogens is 21. The van der Waals surface area contributed by atoms with Crippen LogP contribution >= 0.6 is 0 Å².